The maximum absolute atomic E-state index is 13.5. The SMILES string of the molecule is COc1cc(-n2ccc3c(cnc4c(-c5ccc(F)cc5)c(C)nn43)c2=O)cc(OC)c1OC. The third-order valence-corrected chi connectivity index (χ3v) is 5.75. The summed E-state index contributed by atoms with van der Waals surface area (Å²) < 4.78 is 32.8. The van der Waals surface area contributed by atoms with Gasteiger partial charge in [-0.1, -0.05) is 12.1 Å². The lowest BCUT2D eigenvalue weighted by atomic mass is 10.1. The molecule has 0 fully saturated rings. The Bertz CT molecular complexity index is 1580. The summed E-state index contributed by atoms with van der Waals surface area (Å²) in [5, 5.41) is 5.00. The second-order valence-electron chi connectivity index (χ2n) is 7.63. The minimum absolute atomic E-state index is 0.280. The van der Waals surface area contributed by atoms with Crippen molar-refractivity contribution in [3.05, 3.63) is 76.7 Å². The molecule has 0 N–H and O–H groups in total. The Morgan fingerprint density at radius 1 is 0.941 bits per heavy atom. The molecule has 0 aliphatic heterocycles. The van der Waals surface area contributed by atoms with Crippen molar-refractivity contribution in [2.45, 2.75) is 6.92 Å². The molecule has 8 nitrogen and oxygen atoms in total. The number of hydrogen-bond acceptors (Lipinski definition) is 6. The first-order chi connectivity index (χ1) is 16.5. The standard InChI is InChI=1S/C25H21FN4O4/c1-14-22(15-5-7-16(26)8-6-15)24-27-13-18-19(30(24)28-14)9-10-29(25(18)31)17-11-20(32-2)23(34-4)21(12-17)33-3/h5-13H,1-4H3. The first-order valence-corrected chi connectivity index (χ1v) is 10.4. The smallest absolute Gasteiger partial charge is 0.266 e. The molecule has 34 heavy (non-hydrogen) atoms. The fourth-order valence-corrected chi connectivity index (χ4v) is 4.14. The summed E-state index contributed by atoms with van der Waals surface area (Å²) in [4.78, 5) is 18.0. The van der Waals surface area contributed by atoms with E-state index in [1.807, 2.05) is 6.92 Å². The van der Waals surface area contributed by atoms with Gasteiger partial charge in [-0.05, 0) is 30.7 Å². The van der Waals surface area contributed by atoms with Crippen LogP contribution in [0, 0.1) is 12.7 Å². The van der Waals surface area contributed by atoms with Crippen LogP contribution in [0.3, 0.4) is 0 Å². The van der Waals surface area contributed by atoms with E-state index >= 15 is 0 Å². The Hall–Kier alpha value is -4.40. The zero-order chi connectivity index (χ0) is 24.0. The maximum Gasteiger partial charge on any atom is 0.266 e. The number of rotatable bonds is 5. The van der Waals surface area contributed by atoms with E-state index in [4.69, 9.17) is 14.2 Å². The Labute approximate surface area is 193 Å². The fraction of sp³-hybridized carbons (Fsp3) is 0.160. The normalized spacial score (nSPS) is 11.2. The van der Waals surface area contributed by atoms with Crippen molar-refractivity contribution < 1.29 is 18.6 Å². The van der Waals surface area contributed by atoms with Crippen LogP contribution in [0.1, 0.15) is 5.69 Å². The quantitative estimate of drug-likeness (QED) is 0.392. The first kappa shape index (κ1) is 21.4. The third kappa shape index (κ3) is 3.24. The van der Waals surface area contributed by atoms with E-state index in [1.165, 1.54) is 44.2 Å². The van der Waals surface area contributed by atoms with Gasteiger partial charge in [0, 0.05) is 30.1 Å². The Morgan fingerprint density at radius 2 is 1.62 bits per heavy atom. The third-order valence-electron chi connectivity index (χ3n) is 5.75. The summed E-state index contributed by atoms with van der Waals surface area (Å²) in [6, 6.07) is 11.4. The molecule has 9 heteroatoms. The second kappa shape index (κ2) is 8.18. The van der Waals surface area contributed by atoms with Crippen molar-refractivity contribution in [3.63, 3.8) is 0 Å². The van der Waals surface area contributed by atoms with Gasteiger partial charge in [0.2, 0.25) is 5.75 Å². The summed E-state index contributed by atoms with van der Waals surface area (Å²) in [5.74, 6) is 0.989. The van der Waals surface area contributed by atoms with Crippen LogP contribution < -0.4 is 19.8 Å². The molecule has 5 aromatic rings. The molecule has 0 saturated carbocycles. The van der Waals surface area contributed by atoms with Crippen molar-refractivity contribution in [2.75, 3.05) is 21.3 Å². The van der Waals surface area contributed by atoms with Crippen molar-refractivity contribution in [2.24, 2.45) is 0 Å². The van der Waals surface area contributed by atoms with Gasteiger partial charge in [-0.25, -0.2) is 13.9 Å². The molecule has 3 heterocycles. The van der Waals surface area contributed by atoms with Gasteiger partial charge in [0.1, 0.15) is 5.82 Å². The highest BCUT2D eigenvalue weighted by Gasteiger charge is 2.18. The minimum atomic E-state index is -0.316. The highest BCUT2D eigenvalue weighted by Crippen LogP contribution is 2.39. The fourth-order valence-electron chi connectivity index (χ4n) is 4.14. The molecule has 172 valence electrons. The number of methoxy groups -OCH3 is 3. The lowest BCUT2D eigenvalue weighted by molar-refractivity contribution is 0.324. The van der Waals surface area contributed by atoms with Crippen LogP contribution in [0.4, 0.5) is 4.39 Å². The summed E-state index contributed by atoms with van der Waals surface area (Å²) >= 11 is 0. The molecule has 3 aromatic heterocycles. The average Bonchev–Trinajstić information content (AvgIpc) is 3.20. The predicted octanol–water partition coefficient (Wildman–Crippen LogP) is 4.17. The van der Waals surface area contributed by atoms with E-state index in [0.29, 0.717) is 39.5 Å². The number of hydrogen-bond donors (Lipinski definition) is 0. The molecule has 0 amide bonds. The molecule has 0 unspecified atom stereocenters. The van der Waals surface area contributed by atoms with Crippen LogP contribution >= 0.6 is 0 Å². The number of halogens is 1. The largest absolute Gasteiger partial charge is 0.493 e. The molecule has 0 aliphatic carbocycles. The Balaban J connectivity index is 1.72. The zero-order valence-corrected chi connectivity index (χ0v) is 19.0. The van der Waals surface area contributed by atoms with Gasteiger partial charge < -0.3 is 14.2 Å². The molecule has 2 aromatic carbocycles. The van der Waals surface area contributed by atoms with Crippen LogP contribution in [-0.4, -0.2) is 40.5 Å². The molecule has 0 radical (unpaired) electrons. The average molecular weight is 460 g/mol. The van der Waals surface area contributed by atoms with Gasteiger partial charge in [-0.15, -0.1) is 0 Å². The summed E-state index contributed by atoms with van der Waals surface area (Å²) in [6.07, 6.45) is 3.20. The van der Waals surface area contributed by atoms with Gasteiger partial charge in [0.15, 0.2) is 17.1 Å². The number of fused-ring (bicyclic) bond motifs is 3. The van der Waals surface area contributed by atoms with Gasteiger partial charge in [0.05, 0.1) is 43.6 Å². The van der Waals surface area contributed by atoms with E-state index in [9.17, 15) is 9.18 Å². The van der Waals surface area contributed by atoms with E-state index < -0.39 is 0 Å². The number of aryl methyl sites for hydroxylation is 1. The number of nitrogens with zero attached hydrogens (tertiary/aromatic N) is 4. The van der Waals surface area contributed by atoms with Crippen LogP contribution in [0.2, 0.25) is 0 Å². The van der Waals surface area contributed by atoms with Crippen LogP contribution in [0.15, 0.2) is 59.7 Å². The topological polar surface area (TPSA) is 79.9 Å². The Morgan fingerprint density at radius 3 is 2.24 bits per heavy atom. The zero-order valence-electron chi connectivity index (χ0n) is 19.0. The van der Waals surface area contributed by atoms with Crippen LogP contribution in [-0.2, 0) is 0 Å². The minimum Gasteiger partial charge on any atom is -0.493 e. The highest BCUT2D eigenvalue weighted by atomic mass is 19.1. The van der Waals surface area contributed by atoms with E-state index in [2.05, 4.69) is 10.1 Å². The predicted molar refractivity (Wildman–Crippen MR) is 126 cm³/mol. The van der Waals surface area contributed by atoms with E-state index in [0.717, 1.165) is 16.8 Å². The van der Waals surface area contributed by atoms with Gasteiger partial charge in [0.25, 0.3) is 5.56 Å². The first-order valence-electron chi connectivity index (χ1n) is 10.4. The number of pyridine rings is 1. The lowest BCUT2D eigenvalue weighted by Gasteiger charge is -2.15. The second-order valence-corrected chi connectivity index (χ2v) is 7.63. The Kier molecular flexibility index (Phi) is 5.16. The maximum atomic E-state index is 13.5. The van der Waals surface area contributed by atoms with Crippen molar-refractivity contribution in [1.29, 1.82) is 0 Å². The molecule has 0 aliphatic rings. The van der Waals surface area contributed by atoms with Gasteiger partial charge in [-0.3, -0.25) is 9.36 Å². The highest BCUT2D eigenvalue weighted by molar-refractivity contribution is 5.86. The molecule has 0 atom stereocenters. The molecule has 0 bridgehead atoms. The van der Waals surface area contributed by atoms with E-state index in [-0.39, 0.29) is 11.4 Å². The summed E-state index contributed by atoms with van der Waals surface area (Å²) in [6.45, 7) is 1.86. The summed E-state index contributed by atoms with van der Waals surface area (Å²) in [7, 11) is 4.55. The molecular formula is C25H21FN4O4. The monoisotopic (exact) mass is 460 g/mol. The molecule has 0 saturated heterocycles. The van der Waals surface area contributed by atoms with Crippen molar-refractivity contribution in [1.82, 2.24) is 19.2 Å². The molecule has 0 spiro atoms. The summed E-state index contributed by atoms with van der Waals surface area (Å²) in [5.41, 5.74) is 3.77. The van der Waals surface area contributed by atoms with Crippen LogP contribution in [0.5, 0.6) is 17.2 Å². The number of benzene rings is 2. The number of ether oxygens (including phenoxy) is 3. The van der Waals surface area contributed by atoms with Crippen LogP contribution in [0.25, 0.3) is 33.4 Å². The van der Waals surface area contributed by atoms with Crippen molar-refractivity contribution in [3.8, 4) is 34.1 Å². The lowest BCUT2D eigenvalue weighted by Crippen LogP contribution is -2.19. The molecular weight excluding hydrogens is 439 g/mol. The van der Waals surface area contributed by atoms with Gasteiger partial charge in [-0.2, -0.15) is 5.10 Å². The van der Waals surface area contributed by atoms with Crippen molar-refractivity contribution >= 4 is 16.6 Å². The van der Waals surface area contributed by atoms with E-state index in [1.54, 1.807) is 41.0 Å². The number of aromatic nitrogens is 4. The van der Waals surface area contributed by atoms with Gasteiger partial charge >= 0.3 is 0 Å². The molecule has 5 rings (SSSR count).